The molecule has 120 valence electrons. The minimum atomic E-state index is -3.20. The highest BCUT2D eigenvalue weighted by Crippen LogP contribution is 2.32. The van der Waals surface area contributed by atoms with Crippen molar-refractivity contribution in [1.29, 1.82) is 0 Å². The van der Waals surface area contributed by atoms with Crippen molar-refractivity contribution in [3.8, 4) is 0 Å². The number of piperidine rings is 1. The molecule has 0 aromatic carbocycles. The number of rotatable bonds is 2. The number of nitrogens with one attached hydrogen (secondary N) is 1. The minimum Gasteiger partial charge on any atom is -0.345 e. The summed E-state index contributed by atoms with van der Waals surface area (Å²) in [6.45, 7) is 1.01. The molecule has 0 spiro atoms. The Morgan fingerprint density at radius 3 is 3.00 bits per heavy atom. The summed E-state index contributed by atoms with van der Waals surface area (Å²) < 4.78 is 25.3. The van der Waals surface area contributed by atoms with Crippen LogP contribution in [0, 0.1) is 0 Å². The Balaban J connectivity index is 1.86. The molecule has 1 atom stereocenters. The van der Waals surface area contributed by atoms with Crippen LogP contribution in [0.3, 0.4) is 0 Å². The molecule has 0 bridgehead atoms. The van der Waals surface area contributed by atoms with E-state index in [9.17, 15) is 8.42 Å². The largest absolute Gasteiger partial charge is 0.345 e. The van der Waals surface area contributed by atoms with Crippen LogP contribution in [-0.2, 0) is 10.0 Å². The molecule has 3 aromatic heterocycles. The van der Waals surface area contributed by atoms with Crippen molar-refractivity contribution in [2.75, 3.05) is 19.3 Å². The molecule has 4 rings (SSSR count). The highest BCUT2D eigenvalue weighted by atomic mass is 32.2. The second-order valence-corrected chi connectivity index (χ2v) is 7.84. The van der Waals surface area contributed by atoms with Crippen LogP contribution in [0.2, 0.25) is 0 Å². The van der Waals surface area contributed by atoms with Crippen molar-refractivity contribution < 1.29 is 8.42 Å². The lowest BCUT2D eigenvalue weighted by atomic mass is 9.93. The van der Waals surface area contributed by atoms with E-state index in [1.54, 1.807) is 6.20 Å². The summed E-state index contributed by atoms with van der Waals surface area (Å²) in [6, 6.07) is 1.93. The molecule has 4 heterocycles. The Bertz CT molecular complexity index is 983. The first-order valence-corrected chi connectivity index (χ1v) is 9.28. The maximum absolute atomic E-state index is 11.9. The number of fused-ring (bicyclic) bond motifs is 3. The van der Waals surface area contributed by atoms with Crippen LogP contribution >= 0.6 is 0 Å². The molecule has 0 amide bonds. The van der Waals surface area contributed by atoms with Crippen molar-refractivity contribution in [3.63, 3.8) is 0 Å². The standard InChI is InChI=1S/C14H16N6O2S/c1-23(21,22)20-6-2-3-9(7-20)12-11-10-4-5-15-13(10)18-19-14(11)17-8-16-12/h4-5,8-9H,2-3,6-7H2,1H3,(H,15,18). The summed E-state index contributed by atoms with van der Waals surface area (Å²) in [5, 5.41) is 10.0. The average molecular weight is 332 g/mol. The van der Waals surface area contributed by atoms with Gasteiger partial charge in [0.2, 0.25) is 10.0 Å². The second-order valence-electron chi connectivity index (χ2n) is 5.86. The molecule has 1 aliphatic rings. The summed E-state index contributed by atoms with van der Waals surface area (Å²) in [4.78, 5) is 11.7. The summed E-state index contributed by atoms with van der Waals surface area (Å²) >= 11 is 0. The Morgan fingerprint density at radius 2 is 2.17 bits per heavy atom. The van der Waals surface area contributed by atoms with Crippen molar-refractivity contribution in [2.24, 2.45) is 0 Å². The molecule has 1 aliphatic heterocycles. The predicted octanol–water partition coefficient (Wildman–Crippen LogP) is 1.04. The van der Waals surface area contributed by atoms with Crippen molar-refractivity contribution in [2.45, 2.75) is 18.8 Å². The topological polar surface area (TPSA) is 105 Å². The zero-order valence-electron chi connectivity index (χ0n) is 12.6. The third kappa shape index (κ3) is 2.45. The number of hydrogen-bond acceptors (Lipinski definition) is 6. The molecule has 3 aromatic rings. The monoisotopic (exact) mass is 332 g/mol. The van der Waals surface area contributed by atoms with E-state index >= 15 is 0 Å². The van der Waals surface area contributed by atoms with E-state index in [1.165, 1.54) is 16.9 Å². The van der Waals surface area contributed by atoms with Gasteiger partial charge in [-0.2, -0.15) is 0 Å². The van der Waals surface area contributed by atoms with Gasteiger partial charge in [-0.3, -0.25) is 0 Å². The van der Waals surface area contributed by atoms with Gasteiger partial charge in [-0.25, -0.2) is 22.7 Å². The van der Waals surface area contributed by atoms with Gasteiger partial charge in [-0.05, 0) is 18.9 Å². The molecule has 1 N–H and O–H groups in total. The molecular formula is C14H16N6O2S. The van der Waals surface area contributed by atoms with Gasteiger partial charge in [0.1, 0.15) is 6.33 Å². The number of nitrogens with zero attached hydrogens (tertiary/aromatic N) is 5. The Hall–Kier alpha value is -2.13. The summed E-state index contributed by atoms with van der Waals surface area (Å²) in [5.74, 6) is 0.0336. The van der Waals surface area contributed by atoms with Crippen LogP contribution < -0.4 is 0 Å². The lowest BCUT2D eigenvalue weighted by molar-refractivity contribution is 0.315. The van der Waals surface area contributed by atoms with Crippen molar-refractivity contribution >= 4 is 32.1 Å². The van der Waals surface area contributed by atoms with E-state index in [1.807, 2.05) is 6.07 Å². The number of hydrogen-bond donors (Lipinski definition) is 1. The van der Waals surface area contributed by atoms with E-state index in [4.69, 9.17) is 0 Å². The Morgan fingerprint density at radius 1 is 1.30 bits per heavy atom. The van der Waals surface area contributed by atoms with Crippen molar-refractivity contribution in [3.05, 3.63) is 24.3 Å². The molecule has 0 radical (unpaired) electrons. The van der Waals surface area contributed by atoms with E-state index in [2.05, 4.69) is 25.1 Å². The van der Waals surface area contributed by atoms with Crippen LogP contribution in [0.1, 0.15) is 24.5 Å². The number of sulfonamides is 1. The fourth-order valence-corrected chi connectivity index (χ4v) is 4.15. The first kappa shape index (κ1) is 14.5. The molecule has 8 nitrogen and oxygen atoms in total. The van der Waals surface area contributed by atoms with Gasteiger partial charge >= 0.3 is 0 Å². The minimum absolute atomic E-state index is 0.0336. The predicted molar refractivity (Wildman–Crippen MR) is 85.4 cm³/mol. The van der Waals surface area contributed by atoms with E-state index in [-0.39, 0.29) is 5.92 Å². The number of aromatic amines is 1. The smallest absolute Gasteiger partial charge is 0.211 e. The van der Waals surface area contributed by atoms with Crippen LogP contribution in [0.4, 0.5) is 0 Å². The van der Waals surface area contributed by atoms with Gasteiger partial charge < -0.3 is 4.98 Å². The van der Waals surface area contributed by atoms with Gasteiger partial charge in [-0.1, -0.05) is 0 Å². The van der Waals surface area contributed by atoms with E-state index in [0.29, 0.717) is 24.4 Å². The lowest BCUT2D eigenvalue weighted by Gasteiger charge is -2.30. The van der Waals surface area contributed by atoms with Gasteiger partial charge in [0.25, 0.3) is 0 Å². The van der Waals surface area contributed by atoms with E-state index < -0.39 is 10.0 Å². The molecule has 0 saturated carbocycles. The summed E-state index contributed by atoms with van der Waals surface area (Å²) in [7, 11) is -3.20. The van der Waals surface area contributed by atoms with E-state index in [0.717, 1.165) is 29.3 Å². The number of H-pyrrole nitrogens is 1. The van der Waals surface area contributed by atoms with Gasteiger partial charge in [0, 0.05) is 30.6 Å². The molecule has 1 unspecified atom stereocenters. The molecule has 23 heavy (non-hydrogen) atoms. The van der Waals surface area contributed by atoms with Crippen LogP contribution in [-0.4, -0.2) is 57.2 Å². The molecule has 0 aliphatic carbocycles. The molecule has 1 saturated heterocycles. The third-order valence-electron chi connectivity index (χ3n) is 4.34. The highest BCUT2D eigenvalue weighted by Gasteiger charge is 2.29. The fourth-order valence-electron chi connectivity index (χ4n) is 3.24. The normalized spacial score (nSPS) is 20.3. The molecule has 1 fully saturated rings. The Kier molecular flexibility index (Phi) is 3.27. The number of aromatic nitrogens is 5. The quantitative estimate of drug-likeness (QED) is 0.752. The maximum atomic E-state index is 11.9. The zero-order valence-corrected chi connectivity index (χ0v) is 13.4. The lowest BCUT2D eigenvalue weighted by Crippen LogP contribution is -2.38. The Labute approximate surface area is 133 Å². The maximum Gasteiger partial charge on any atom is 0.211 e. The molecular weight excluding hydrogens is 316 g/mol. The van der Waals surface area contributed by atoms with Gasteiger partial charge in [0.15, 0.2) is 11.3 Å². The fraction of sp³-hybridized carbons (Fsp3) is 0.429. The summed E-state index contributed by atoms with van der Waals surface area (Å²) in [6.07, 6.45) is 6.25. The average Bonchev–Trinajstić information content (AvgIpc) is 3.02. The summed E-state index contributed by atoms with van der Waals surface area (Å²) in [5.41, 5.74) is 2.07. The third-order valence-corrected chi connectivity index (χ3v) is 5.61. The van der Waals surface area contributed by atoms with Crippen LogP contribution in [0.15, 0.2) is 18.6 Å². The van der Waals surface area contributed by atoms with Gasteiger partial charge in [-0.15, -0.1) is 10.2 Å². The first-order chi connectivity index (χ1) is 11.0. The van der Waals surface area contributed by atoms with Gasteiger partial charge in [0.05, 0.1) is 17.3 Å². The van der Waals surface area contributed by atoms with Crippen LogP contribution in [0.5, 0.6) is 0 Å². The zero-order chi connectivity index (χ0) is 16.0. The SMILES string of the molecule is CS(=O)(=O)N1CCCC(c2ncnc3nnc4[nH]ccc4c23)C1. The van der Waals surface area contributed by atoms with Crippen LogP contribution in [0.25, 0.3) is 22.1 Å². The van der Waals surface area contributed by atoms with Crippen molar-refractivity contribution in [1.82, 2.24) is 29.5 Å². The highest BCUT2D eigenvalue weighted by molar-refractivity contribution is 7.88. The first-order valence-electron chi connectivity index (χ1n) is 7.43. The molecule has 9 heteroatoms. The second kappa shape index (κ2) is 5.20.